The second kappa shape index (κ2) is 9.25. The van der Waals surface area contributed by atoms with Crippen molar-refractivity contribution in [2.45, 2.75) is 32.6 Å². The molecule has 0 saturated carbocycles. The van der Waals surface area contributed by atoms with E-state index in [-0.39, 0.29) is 18.3 Å². The Hall–Kier alpha value is -2.32. The molecule has 8 heteroatoms. The third-order valence-corrected chi connectivity index (χ3v) is 5.17. The number of aromatic nitrogens is 2. The van der Waals surface area contributed by atoms with Crippen molar-refractivity contribution < 1.29 is 13.9 Å². The smallest absolute Gasteiger partial charge is 0.277 e. The van der Waals surface area contributed by atoms with E-state index < -0.39 is 0 Å². The van der Waals surface area contributed by atoms with E-state index in [1.807, 2.05) is 57.2 Å². The van der Waals surface area contributed by atoms with Gasteiger partial charge in [-0.15, -0.1) is 10.2 Å². The molecule has 0 aliphatic carbocycles. The van der Waals surface area contributed by atoms with E-state index in [9.17, 15) is 4.79 Å². The lowest BCUT2D eigenvalue weighted by Gasteiger charge is -2.11. The van der Waals surface area contributed by atoms with E-state index in [4.69, 9.17) is 9.15 Å². The fourth-order valence-electron chi connectivity index (χ4n) is 2.62. The lowest BCUT2D eigenvalue weighted by atomic mass is 10.1. The summed E-state index contributed by atoms with van der Waals surface area (Å²) in [6.45, 7) is 6.09. The van der Waals surface area contributed by atoms with Gasteiger partial charge >= 0.3 is 0 Å². The Balaban J connectivity index is 1.51. The van der Waals surface area contributed by atoms with Gasteiger partial charge < -0.3 is 14.5 Å². The summed E-state index contributed by atoms with van der Waals surface area (Å²) >= 11 is 4.64. The van der Waals surface area contributed by atoms with Crippen molar-refractivity contribution in [2.24, 2.45) is 0 Å². The topological polar surface area (TPSA) is 77.2 Å². The summed E-state index contributed by atoms with van der Waals surface area (Å²) < 4.78 is 12.2. The van der Waals surface area contributed by atoms with Crippen LogP contribution in [-0.2, 0) is 11.4 Å². The van der Waals surface area contributed by atoms with Gasteiger partial charge in [-0.3, -0.25) is 4.79 Å². The predicted octanol–water partition coefficient (Wildman–Crippen LogP) is 5.07. The quantitative estimate of drug-likeness (QED) is 0.495. The maximum atomic E-state index is 12.3. The highest BCUT2D eigenvalue weighted by Gasteiger charge is 2.12. The van der Waals surface area contributed by atoms with Crippen molar-refractivity contribution in [3.63, 3.8) is 0 Å². The second-order valence-corrected chi connectivity index (χ2v) is 8.16. The fraction of sp³-hybridized carbons (Fsp3) is 0.250. The molecule has 1 heterocycles. The number of nitrogens with one attached hydrogen (secondary N) is 1. The molecule has 6 nitrogen and oxygen atoms in total. The molecule has 0 aliphatic heterocycles. The van der Waals surface area contributed by atoms with Gasteiger partial charge in [0, 0.05) is 10.2 Å². The average molecular weight is 462 g/mol. The maximum absolute atomic E-state index is 12.3. The average Bonchev–Trinajstić information content (AvgIpc) is 3.09. The standard InChI is InChI=1S/C20H20BrN3O3S/c1-12-5-4-6-16(7-12)26-10-18-23-24-20(27-18)28-11-17(25)22-19-13(2)8-15(21)9-14(19)3/h4-9H,10-11H2,1-3H3,(H,22,25). The van der Waals surface area contributed by atoms with Crippen LogP contribution in [0.5, 0.6) is 5.75 Å². The first-order valence-electron chi connectivity index (χ1n) is 8.62. The van der Waals surface area contributed by atoms with Crippen molar-refractivity contribution in [3.05, 3.63) is 63.5 Å². The molecule has 28 heavy (non-hydrogen) atoms. The molecule has 0 saturated heterocycles. The van der Waals surface area contributed by atoms with Crippen LogP contribution in [0, 0.1) is 20.8 Å². The SMILES string of the molecule is Cc1cccc(OCc2nnc(SCC(=O)Nc3c(C)cc(Br)cc3C)o2)c1. The number of hydrogen-bond acceptors (Lipinski definition) is 6. The van der Waals surface area contributed by atoms with Crippen LogP contribution in [0.15, 0.2) is 50.5 Å². The zero-order chi connectivity index (χ0) is 20.1. The van der Waals surface area contributed by atoms with E-state index in [1.54, 1.807) is 0 Å². The molecule has 0 unspecified atom stereocenters. The van der Waals surface area contributed by atoms with Crippen molar-refractivity contribution in [2.75, 3.05) is 11.1 Å². The Morgan fingerprint density at radius 1 is 1.18 bits per heavy atom. The Labute approximate surface area is 176 Å². The number of hydrogen-bond donors (Lipinski definition) is 1. The first kappa shape index (κ1) is 20.4. The maximum Gasteiger partial charge on any atom is 0.277 e. The summed E-state index contributed by atoms with van der Waals surface area (Å²) in [5.41, 5.74) is 3.94. The van der Waals surface area contributed by atoms with E-state index in [0.717, 1.165) is 32.6 Å². The molecule has 0 aliphatic rings. The van der Waals surface area contributed by atoms with Crippen molar-refractivity contribution in [1.82, 2.24) is 10.2 Å². The van der Waals surface area contributed by atoms with Crippen LogP contribution in [0.2, 0.25) is 0 Å². The number of halogens is 1. The number of rotatable bonds is 7. The normalized spacial score (nSPS) is 10.7. The van der Waals surface area contributed by atoms with Crippen molar-refractivity contribution >= 4 is 39.3 Å². The summed E-state index contributed by atoms with van der Waals surface area (Å²) in [7, 11) is 0. The van der Waals surface area contributed by atoms with Crippen LogP contribution in [0.25, 0.3) is 0 Å². The molecule has 0 bridgehead atoms. The largest absolute Gasteiger partial charge is 0.484 e. The highest BCUT2D eigenvalue weighted by atomic mass is 79.9. The molecule has 0 fully saturated rings. The third kappa shape index (κ3) is 5.59. The van der Waals surface area contributed by atoms with Crippen LogP contribution in [-0.4, -0.2) is 21.9 Å². The number of carbonyl (C=O) groups excluding carboxylic acids is 1. The summed E-state index contributed by atoms with van der Waals surface area (Å²) in [5.74, 6) is 1.15. The molecule has 0 radical (unpaired) electrons. The summed E-state index contributed by atoms with van der Waals surface area (Å²) in [4.78, 5) is 12.3. The van der Waals surface area contributed by atoms with E-state index in [2.05, 4.69) is 31.4 Å². The minimum Gasteiger partial charge on any atom is -0.484 e. The molecule has 1 N–H and O–H groups in total. The van der Waals surface area contributed by atoms with E-state index >= 15 is 0 Å². The fourth-order valence-corrected chi connectivity index (χ4v) is 3.88. The number of benzene rings is 2. The van der Waals surface area contributed by atoms with Crippen LogP contribution < -0.4 is 10.1 Å². The monoisotopic (exact) mass is 461 g/mol. The van der Waals surface area contributed by atoms with E-state index in [1.165, 1.54) is 11.8 Å². The second-order valence-electron chi connectivity index (χ2n) is 6.32. The zero-order valence-corrected chi connectivity index (χ0v) is 18.2. The number of amides is 1. The highest BCUT2D eigenvalue weighted by Crippen LogP contribution is 2.26. The number of nitrogens with zero attached hydrogens (tertiary/aromatic N) is 2. The Bertz CT molecular complexity index is 967. The van der Waals surface area contributed by atoms with Gasteiger partial charge in [0.25, 0.3) is 11.1 Å². The number of ether oxygens (including phenoxy) is 1. The number of anilines is 1. The first-order valence-corrected chi connectivity index (χ1v) is 10.4. The molecule has 3 rings (SSSR count). The molecule has 146 valence electrons. The zero-order valence-electron chi connectivity index (χ0n) is 15.8. The Kier molecular flexibility index (Phi) is 6.74. The lowest BCUT2D eigenvalue weighted by Crippen LogP contribution is -2.15. The number of carbonyl (C=O) groups is 1. The van der Waals surface area contributed by atoms with Crippen LogP contribution in [0.4, 0.5) is 5.69 Å². The Morgan fingerprint density at radius 3 is 2.64 bits per heavy atom. The number of thioether (sulfide) groups is 1. The minimum atomic E-state index is -0.130. The predicted molar refractivity (Wildman–Crippen MR) is 113 cm³/mol. The molecule has 0 spiro atoms. The third-order valence-electron chi connectivity index (χ3n) is 3.89. The number of aryl methyl sites for hydroxylation is 3. The van der Waals surface area contributed by atoms with Gasteiger partial charge in [0.05, 0.1) is 5.75 Å². The van der Waals surface area contributed by atoms with Crippen LogP contribution in [0.1, 0.15) is 22.6 Å². The molecule has 1 aromatic heterocycles. The Morgan fingerprint density at radius 2 is 1.93 bits per heavy atom. The lowest BCUT2D eigenvalue weighted by molar-refractivity contribution is -0.113. The van der Waals surface area contributed by atoms with Gasteiger partial charge in [-0.25, -0.2) is 0 Å². The molecule has 3 aromatic rings. The van der Waals surface area contributed by atoms with Crippen LogP contribution >= 0.6 is 27.7 Å². The van der Waals surface area contributed by atoms with Gasteiger partial charge in [-0.2, -0.15) is 0 Å². The molecule has 1 amide bonds. The van der Waals surface area contributed by atoms with Gasteiger partial charge in [0.2, 0.25) is 5.91 Å². The minimum absolute atomic E-state index is 0.130. The molecule has 2 aromatic carbocycles. The van der Waals surface area contributed by atoms with Crippen molar-refractivity contribution in [3.8, 4) is 5.75 Å². The summed E-state index contributed by atoms with van der Waals surface area (Å²) in [6, 6.07) is 11.7. The van der Waals surface area contributed by atoms with Gasteiger partial charge in [0.15, 0.2) is 6.61 Å². The highest BCUT2D eigenvalue weighted by molar-refractivity contribution is 9.10. The van der Waals surface area contributed by atoms with E-state index in [0.29, 0.717) is 11.1 Å². The summed E-state index contributed by atoms with van der Waals surface area (Å²) in [5, 5.41) is 11.2. The van der Waals surface area contributed by atoms with Gasteiger partial charge in [0.1, 0.15) is 5.75 Å². The van der Waals surface area contributed by atoms with Gasteiger partial charge in [-0.1, -0.05) is 39.8 Å². The molecule has 0 atom stereocenters. The summed E-state index contributed by atoms with van der Waals surface area (Å²) in [6.07, 6.45) is 0. The van der Waals surface area contributed by atoms with Gasteiger partial charge in [-0.05, 0) is 61.7 Å². The first-order chi connectivity index (χ1) is 13.4. The van der Waals surface area contributed by atoms with Crippen molar-refractivity contribution in [1.29, 1.82) is 0 Å². The van der Waals surface area contributed by atoms with Crippen LogP contribution in [0.3, 0.4) is 0 Å². The molecular weight excluding hydrogens is 442 g/mol. The molecular formula is C20H20BrN3O3S.